The van der Waals surface area contributed by atoms with Crippen LogP contribution in [0.1, 0.15) is 18.4 Å². The fourth-order valence-corrected chi connectivity index (χ4v) is 2.87. The van der Waals surface area contributed by atoms with Crippen LogP contribution in [0.25, 0.3) is 0 Å². The predicted octanol–water partition coefficient (Wildman–Crippen LogP) is 1.72. The summed E-state index contributed by atoms with van der Waals surface area (Å²) < 4.78 is 0. The van der Waals surface area contributed by atoms with Crippen LogP contribution in [0.15, 0.2) is 24.3 Å². The number of nitrogens with zero attached hydrogens (tertiary/aromatic N) is 2. The Hall–Kier alpha value is -1.06. The third-order valence-electron chi connectivity index (χ3n) is 3.93. The molecule has 18 heavy (non-hydrogen) atoms. The minimum atomic E-state index is 0.627. The zero-order chi connectivity index (χ0) is 13.0. The van der Waals surface area contributed by atoms with Gasteiger partial charge in [-0.3, -0.25) is 0 Å². The molecule has 2 rings (SSSR count). The molecule has 2 N–H and O–H groups in total. The Morgan fingerprint density at radius 2 is 2.17 bits per heavy atom. The summed E-state index contributed by atoms with van der Waals surface area (Å²) in [4.78, 5) is 4.87. The first kappa shape index (κ1) is 13.4. The zero-order valence-electron chi connectivity index (χ0n) is 11.6. The average molecular weight is 247 g/mol. The van der Waals surface area contributed by atoms with E-state index in [0.29, 0.717) is 6.04 Å². The van der Waals surface area contributed by atoms with Crippen LogP contribution >= 0.6 is 0 Å². The largest absolute Gasteiger partial charge is 0.370 e. The molecule has 1 saturated heterocycles. The molecule has 0 bridgehead atoms. The second kappa shape index (κ2) is 6.21. The number of likely N-dealkylation sites (N-methyl/N-ethyl adjacent to an activating group) is 2. The number of anilines is 1. The van der Waals surface area contributed by atoms with E-state index in [0.717, 1.165) is 19.5 Å². The first-order valence-electron chi connectivity index (χ1n) is 6.91. The SMILES string of the molecule is CN1CCCC(N(C)c2ccccc2CCN)C1. The molecule has 1 aromatic rings. The van der Waals surface area contributed by atoms with E-state index in [1.54, 1.807) is 0 Å². The van der Waals surface area contributed by atoms with Crippen molar-refractivity contribution in [3.63, 3.8) is 0 Å². The van der Waals surface area contributed by atoms with Crippen molar-refractivity contribution in [2.24, 2.45) is 5.73 Å². The monoisotopic (exact) mass is 247 g/mol. The minimum Gasteiger partial charge on any atom is -0.370 e. The fourth-order valence-electron chi connectivity index (χ4n) is 2.87. The third kappa shape index (κ3) is 3.03. The normalized spacial score (nSPS) is 20.9. The van der Waals surface area contributed by atoms with Crippen LogP contribution in [0.2, 0.25) is 0 Å². The lowest BCUT2D eigenvalue weighted by Crippen LogP contribution is -2.45. The van der Waals surface area contributed by atoms with Crippen LogP contribution in [-0.2, 0) is 6.42 Å². The summed E-state index contributed by atoms with van der Waals surface area (Å²) in [5, 5.41) is 0. The van der Waals surface area contributed by atoms with E-state index in [1.807, 2.05) is 0 Å². The molecule has 0 spiro atoms. The first-order valence-corrected chi connectivity index (χ1v) is 6.91. The van der Waals surface area contributed by atoms with Gasteiger partial charge in [-0.25, -0.2) is 0 Å². The van der Waals surface area contributed by atoms with E-state index in [9.17, 15) is 0 Å². The number of hydrogen-bond donors (Lipinski definition) is 1. The molecule has 0 saturated carbocycles. The van der Waals surface area contributed by atoms with E-state index in [1.165, 1.54) is 30.6 Å². The number of likely N-dealkylation sites (tertiary alicyclic amines) is 1. The van der Waals surface area contributed by atoms with Crippen LogP contribution < -0.4 is 10.6 Å². The number of nitrogens with two attached hydrogens (primary N) is 1. The van der Waals surface area contributed by atoms with Crippen LogP contribution in [0.3, 0.4) is 0 Å². The molecular formula is C15H25N3. The van der Waals surface area contributed by atoms with Crippen molar-refractivity contribution in [2.45, 2.75) is 25.3 Å². The molecule has 0 aromatic heterocycles. The van der Waals surface area contributed by atoms with Gasteiger partial charge in [0.25, 0.3) is 0 Å². The lowest BCUT2D eigenvalue weighted by molar-refractivity contribution is 0.248. The Bertz CT molecular complexity index is 378. The second-order valence-corrected chi connectivity index (χ2v) is 5.34. The van der Waals surface area contributed by atoms with E-state index in [-0.39, 0.29) is 0 Å². The van der Waals surface area contributed by atoms with Crippen molar-refractivity contribution in [3.05, 3.63) is 29.8 Å². The molecular weight excluding hydrogens is 222 g/mol. The molecule has 1 aliphatic rings. The quantitative estimate of drug-likeness (QED) is 0.879. The highest BCUT2D eigenvalue weighted by atomic mass is 15.2. The van der Waals surface area contributed by atoms with Crippen LogP contribution in [-0.4, -0.2) is 44.7 Å². The minimum absolute atomic E-state index is 0.627. The Morgan fingerprint density at radius 3 is 2.89 bits per heavy atom. The van der Waals surface area contributed by atoms with E-state index < -0.39 is 0 Å². The van der Waals surface area contributed by atoms with Crippen molar-refractivity contribution < 1.29 is 0 Å². The van der Waals surface area contributed by atoms with Crippen molar-refractivity contribution in [1.29, 1.82) is 0 Å². The number of piperidine rings is 1. The van der Waals surface area contributed by atoms with Gasteiger partial charge in [-0.1, -0.05) is 18.2 Å². The van der Waals surface area contributed by atoms with E-state index >= 15 is 0 Å². The van der Waals surface area contributed by atoms with Crippen molar-refractivity contribution in [2.75, 3.05) is 38.6 Å². The molecule has 3 nitrogen and oxygen atoms in total. The van der Waals surface area contributed by atoms with E-state index in [4.69, 9.17) is 5.73 Å². The van der Waals surface area contributed by atoms with Gasteiger partial charge in [0, 0.05) is 25.3 Å². The molecule has 1 unspecified atom stereocenters. The predicted molar refractivity (Wildman–Crippen MR) is 78.1 cm³/mol. The molecule has 0 amide bonds. The number of benzene rings is 1. The molecule has 0 radical (unpaired) electrons. The Kier molecular flexibility index (Phi) is 4.61. The number of rotatable bonds is 4. The first-order chi connectivity index (χ1) is 8.72. The Balaban J connectivity index is 2.14. The molecule has 1 heterocycles. The van der Waals surface area contributed by atoms with Crippen LogP contribution in [0, 0.1) is 0 Å². The van der Waals surface area contributed by atoms with Gasteiger partial charge in [0.2, 0.25) is 0 Å². The summed E-state index contributed by atoms with van der Waals surface area (Å²) in [6.45, 7) is 3.11. The van der Waals surface area contributed by atoms with Gasteiger partial charge >= 0.3 is 0 Å². The molecule has 1 fully saturated rings. The second-order valence-electron chi connectivity index (χ2n) is 5.34. The number of para-hydroxylation sites is 1. The zero-order valence-corrected chi connectivity index (χ0v) is 11.6. The van der Waals surface area contributed by atoms with Gasteiger partial charge in [-0.2, -0.15) is 0 Å². The van der Waals surface area contributed by atoms with Crippen molar-refractivity contribution >= 4 is 5.69 Å². The smallest absolute Gasteiger partial charge is 0.0414 e. The maximum absolute atomic E-state index is 5.70. The lowest BCUT2D eigenvalue weighted by atomic mass is 10.0. The van der Waals surface area contributed by atoms with Crippen LogP contribution in [0.5, 0.6) is 0 Å². The maximum Gasteiger partial charge on any atom is 0.0414 e. The third-order valence-corrected chi connectivity index (χ3v) is 3.93. The summed E-state index contributed by atoms with van der Waals surface area (Å²) in [7, 11) is 4.44. The van der Waals surface area contributed by atoms with Crippen molar-refractivity contribution in [1.82, 2.24) is 4.90 Å². The standard InChI is InChI=1S/C15H25N3/c1-17-11-5-7-14(12-17)18(2)15-8-4-3-6-13(15)9-10-16/h3-4,6,8,14H,5,7,9-12,16H2,1-2H3. The molecule has 0 aliphatic carbocycles. The highest BCUT2D eigenvalue weighted by Gasteiger charge is 2.22. The molecule has 3 heteroatoms. The molecule has 1 aliphatic heterocycles. The van der Waals surface area contributed by atoms with Gasteiger partial charge in [-0.15, -0.1) is 0 Å². The molecule has 100 valence electrons. The summed E-state index contributed by atoms with van der Waals surface area (Å²) >= 11 is 0. The summed E-state index contributed by atoms with van der Waals surface area (Å²) in [6, 6.07) is 9.28. The van der Waals surface area contributed by atoms with Gasteiger partial charge in [0.1, 0.15) is 0 Å². The average Bonchev–Trinajstić information content (AvgIpc) is 2.39. The molecule has 1 atom stereocenters. The Labute approximate surface area is 111 Å². The van der Waals surface area contributed by atoms with Gasteiger partial charge in [0.05, 0.1) is 0 Å². The fraction of sp³-hybridized carbons (Fsp3) is 0.600. The highest BCUT2D eigenvalue weighted by Crippen LogP contribution is 2.24. The topological polar surface area (TPSA) is 32.5 Å². The molecule has 1 aromatic carbocycles. The van der Waals surface area contributed by atoms with E-state index in [2.05, 4.69) is 48.2 Å². The van der Waals surface area contributed by atoms with Gasteiger partial charge in [-0.05, 0) is 51.0 Å². The highest BCUT2D eigenvalue weighted by molar-refractivity contribution is 5.54. The summed E-state index contributed by atoms with van der Waals surface area (Å²) in [6.07, 6.45) is 3.55. The lowest BCUT2D eigenvalue weighted by Gasteiger charge is -2.38. The number of hydrogen-bond acceptors (Lipinski definition) is 3. The van der Waals surface area contributed by atoms with Crippen molar-refractivity contribution in [3.8, 4) is 0 Å². The summed E-state index contributed by atoms with van der Waals surface area (Å²) in [5.41, 5.74) is 8.42. The Morgan fingerprint density at radius 1 is 1.39 bits per heavy atom. The van der Waals surface area contributed by atoms with Crippen LogP contribution in [0.4, 0.5) is 5.69 Å². The summed E-state index contributed by atoms with van der Waals surface area (Å²) in [5.74, 6) is 0. The van der Waals surface area contributed by atoms with Gasteiger partial charge < -0.3 is 15.5 Å². The maximum atomic E-state index is 5.70. The van der Waals surface area contributed by atoms with Gasteiger partial charge in [0.15, 0.2) is 0 Å².